The van der Waals surface area contributed by atoms with Gasteiger partial charge in [0.25, 0.3) is 0 Å². The predicted octanol–water partition coefficient (Wildman–Crippen LogP) is 11.8. The molecule has 7 aromatic rings. The van der Waals surface area contributed by atoms with E-state index < -0.39 is 5.41 Å². The zero-order chi connectivity index (χ0) is 34.0. The van der Waals surface area contributed by atoms with Gasteiger partial charge in [-0.25, -0.2) is 15.0 Å². The number of fused-ring (bicyclic) bond motifs is 4. The van der Waals surface area contributed by atoms with E-state index in [1.54, 1.807) is 0 Å². The molecule has 9 rings (SSSR count). The second-order valence-electron chi connectivity index (χ2n) is 14.1. The molecule has 0 unspecified atom stereocenters. The van der Waals surface area contributed by atoms with Crippen molar-refractivity contribution in [2.45, 2.75) is 48.3 Å². The molecule has 50 heavy (non-hydrogen) atoms. The van der Waals surface area contributed by atoms with Crippen molar-refractivity contribution in [3.63, 3.8) is 0 Å². The average Bonchev–Trinajstić information content (AvgIpc) is 3.15. The van der Waals surface area contributed by atoms with Crippen molar-refractivity contribution in [2.24, 2.45) is 0 Å². The van der Waals surface area contributed by atoms with Crippen molar-refractivity contribution in [2.75, 3.05) is 4.90 Å². The molecule has 0 bridgehead atoms. The summed E-state index contributed by atoms with van der Waals surface area (Å²) in [5, 5.41) is 0. The lowest BCUT2D eigenvalue weighted by Crippen LogP contribution is -2.33. The molecule has 0 radical (unpaired) electrons. The lowest BCUT2D eigenvalue weighted by atomic mass is 9.72. The van der Waals surface area contributed by atoms with Crippen LogP contribution in [-0.4, -0.2) is 15.0 Å². The largest absolute Gasteiger partial charge is 0.310 e. The number of para-hydroxylation sites is 2. The number of anilines is 3. The molecule has 6 aromatic carbocycles. The Bertz CT molecular complexity index is 2310. The van der Waals surface area contributed by atoms with Gasteiger partial charge < -0.3 is 4.90 Å². The van der Waals surface area contributed by atoms with Gasteiger partial charge in [-0.1, -0.05) is 155 Å². The molecule has 0 N–H and O–H groups in total. The Hall–Kier alpha value is -5.52. The summed E-state index contributed by atoms with van der Waals surface area (Å²) in [6, 6.07) is 51.5. The fourth-order valence-corrected chi connectivity index (χ4v) is 9.43. The van der Waals surface area contributed by atoms with Crippen LogP contribution >= 0.6 is 11.8 Å². The van der Waals surface area contributed by atoms with Gasteiger partial charge in [0, 0.05) is 42.9 Å². The lowest BCUT2D eigenvalue weighted by Gasteiger charge is -2.45. The van der Waals surface area contributed by atoms with Gasteiger partial charge >= 0.3 is 0 Å². The molecule has 1 aromatic heterocycles. The van der Waals surface area contributed by atoms with Crippen molar-refractivity contribution in [1.29, 1.82) is 0 Å². The molecule has 0 atom stereocenters. The van der Waals surface area contributed by atoms with E-state index in [4.69, 9.17) is 15.0 Å². The summed E-state index contributed by atoms with van der Waals surface area (Å²) in [5.41, 5.74) is 11.2. The summed E-state index contributed by atoms with van der Waals surface area (Å²) < 4.78 is 0. The van der Waals surface area contributed by atoms with Crippen molar-refractivity contribution in [1.82, 2.24) is 15.0 Å². The third-order valence-electron chi connectivity index (χ3n) is 10.3. The third-order valence-corrected chi connectivity index (χ3v) is 11.4. The van der Waals surface area contributed by atoms with Gasteiger partial charge in [0.1, 0.15) is 0 Å². The number of hydrogen-bond donors (Lipinski definition) is 0. The summed E-state index contributed by atoms with van der Waals surface area (Å²) >= 11 is 1.84. The first kappa shape index (κ1) is 30.5. The van der Waals surface area contributed by atoms with Gasteiger partial charge in [-0.05, 0) is 47.0 Å². The standard InChI is InChI=1S/C45H36N4S/c1-44(2)32-22-11-13-24-34(32)49(35-25-14-12-23-33(35)44)36-26-16-28-38-40(36)45(3,4)39-31(21-15-27-37(39)50-38)43-47-41(29-17-7-5-8-18-29)46-42(48-43)30-19-9-6-10-20-30/h5-28H,1-4H3. The van der Waals surface area contributed by atoms with Crippen molar-refractivity contribution < 1.29 is 0 Å². The quantitative estimate of drug-likeness (QED) is 0.187. The van der Waals surface area contributed by atoms with Crippen LogP contribution in [0, 0.1) is 0 Å². The predicted molar refractivity (Wildman–Crippen MR) is 206 cm³/mol. The summed E-state index contributed by atoms with van der Waals surface area (Å²) in [6.45, 7) is 9.40. The first-order valence-corrected chi connectivity index (χ1v) is 18.0. The second-order valence-corrected chi connectivity index (χ2v) is 15.2. The minimum atomic E-state index is -0.396. The maximum Gasteiger partial charge on any atom is 0.164 e. The SMILES string of the molecule is CC1(C)c2ccccc2N(c2cccc3c2C(C)(C)c2c(cccc2-c2nc(-c4ccccc4)nc(-c4ccccc4)n2)S3)c2ccccc21. The maximum atomic E-state index is 5.17. The first-order valence-electron chi connectivity index (χ1n) is 17.1. The molecular weight excluding hydrogens is 629 g/mol. The highest BCUT2D eigenvalue weighted by molar-refractivity contribution is 7.99. The number of hydrogen-bond acceptors (Lipinski definition) is 5. The highest BCUT2D eigenvalue weighted by Crippen LogP contribution is 2.58. The second kappa shape index (κ2) is 11.5. The van der Waals surface area contributed by atoms with E-state index in [1.807, 2.05) is 48.2 Å². The summed E-state index contributed by atoms with van der Waals surface area (Å²) in [7, 11) is 0. The van der Waals surface area contributed by atoms with Crippen LogP contribution in [0.1, 0.15) is 49.9 Å². The molecule has 3 heterocycles. The molecule has 2 aliphatic heterocycles. The Morgan fingerprint density at radius 2 is 0.880 bits per heavy atom. The zero-order valence-corrected chi connectivity index (χ0v) is 29.4. The van der Waals surface area contributed by atoms with Crippen molar-refractivity contribution >= 4 is 28.8 Å². The van der Waals surface area contributed by atoms with Crippen LogP contribution in [0.15, 0.2) is 155 Å². The average molecular weight is 665 g/mol. The van der Waals surface area contributed by atoms with Crippen molar-refractivity contribution in [3.05, 3.63) is 168 Å². The Morgan fingerprint density at radius 1 is 0.420 bits per heavy atom. The van der Waals surface area contributed by atoms with E-state index in [0.717, 1.165) is 16.7 Å². The van der Waals surface area contributed by atoms with E-state index in [-0.39, 0.29) is 5.41 Å². The molecule has 0 saturated carbocycles. The Morgan fingerprint density at radius 3 is 1.46 bits per heavy atom. The molecule has 2 aliphatic rings. The van der Waals surface area contributed by atoms with E-state index in [9.17, 15) is 0 Å². The fourth-order valence-electron chi connectivity index (χ4n) is 7.97. The third kappa shape index (κ3) is 4.72. The molecule has 0 saturated heterocycles. The Balaban J connectivity index is 1.26. The molecule has 0 amide bonds. The van der Waals surface area contributed by atoms with Crippen LogP contribution in [-0.2, 0) is 10.8 Å². The Kier molecular flexibility index (Phi) is 7.04. The normalized spacial score (nSPS) is 15.0. The van der Waals surface area contributed by atoms with Crippen LogP contribution in [0.5, 0.6) is 0 Å². The molecule has 0 spiro atoms. The number of aromatic nitrogens is 3. The van der Waals surface area contributed by atoms with Crippen LogP contribution in [0.25, 0.3) is 34.2 Å². The van der Waals surface area contributed by atoms with Crippen LogP contribution in [0.2, 0.25) is 0 Å². The highest BCUT2D eigenvalue weighted by atomic mass is 32.2. The molecule has 242 valence electrons. The lowest BCUT2D eigenvalue weighted by molar-refractivity contribution is 0.606. The summed E-state index contributed by atoms with van der Waals surface area (Å²) in [4.78, 5) is 20.3. The number of benzene rings is 6. The van der Waals surface area contributed by atoms with Crippen LogP contribution in [0.4, 0.5) is 17.1 Å². The minimum absolute atomic E-state index is 0.131. The topological polar surface area (TPSA) is 41.9 Å². The molecule has 5 heteroatoms. The highest BCUT2D eigenvalue weighted by Gasteiger charge is 2.42. The smallest absolute Gasteiger partial charge is 0.164 e. The van der Waals surface area contributed by atoms with Gasteiger partial charge in [-0.3, -0.25) is 0 Å². The fraction of sp³-hybridized carbons (Fsp3) is 0.133. The van der Waals surface area contributed by atoms with Crippen LogP contribution in [0.3, 0.4) is 0 Å². The number of nitrogens with zero attached hydrogens (tertiary/aromatic N) is 4. The summed E-state index contributed by atoms with van der Waals surface area (Å²) in [5.74, 6) is 2.01. The molecule has 0 aliphatic carbocycles. The molecule has 4 nitrogen and oxygen atoms in total. The Labute approximate surface area is 297 Å². The van der Waals surface area contributed by atoms with E-state index >= 15 is 0 Å². The van der Waals surface area contributed by atoms with E-state index in [1.165, 1.54) is 49.1 Å². The van der Waals surface area contributed by atoms with E-state index in [2.05, 4.69) is 142 Å². The zero-order valence-electron chi connectivity index (χ0n) is 28.6. The maximum absolute atomic E-state index is 5.17. The van der Waals surface area contributed by atoms with Gasteiger partial charge in [0.2, 0.25) is 0 Å². The van der Waals surface area contributed by atoms with Gasteiger partial charge in [0.05, 0.1) is 17.1 Å². The summed E-state index contributed by atoms with van der Waals surface area (Å²) in [6.07, 6.45) is 0. The van der Waals surface area contributed by atoms with Gasteiger partial charge in [-0.15, -0.1) is 0 Å². The van der Waals surface area contributed by atoms with E-state index in [0.29, 0.717) is 17.5 Å². The van der Waals surface area contributed by atoms with Gasteiger partial charge in [0.15, 0.2) is 17.5 Å². The van der Waals surface area contributed by atoms with Gasteiger partial charge in [-0.2, -0.15) is 0 Å². The number of rotatable bonds is 4. The molecular formula is C45H36N4S. The van der Waals surface area contributed by atoms with Crippen LogP contribution < -0.4 is 4.90 Å². The first-order chi connectivity index (χ1) is 24.3. The van der Waals surface area contributed by atoms with Crippen molar-refractivity contribution in [3.8, 4) is 34.2 Å². The monoisotopic (exact) mass is 664 g/mol. The molecule has 0 fully saturated rings. The minimum Gasteiger partial charge on any atom is -0.310 e.